The Bertz CT molecular complexity index is 1410. The zero-order chi connectivity index (χ0) is 27.9. The van der Waals surface area contributed by atoms with E-state index in [1.54, 1.807) is 42.5 Å². The van der Waals surface area contributed by atoms with E-state index in [1.165, 1.54) is 4.90 Å². The lowest BCUT2D eigenvalue weighted by atomic mass is 9.79. The SMILES string of the molecule is CC1(C)OB(c2ccc(C(=O)OCC#Cc3cccc4c3CN(C3CCC(=O)NC3=O)C4=O)cc2)OC1(C)C. The molecule has 3 aliphatic rings. The summed E-state index contributed by atoms with van der Waals surface area (Å²) in [7, 11) is -0.517. The molecule has 2 aromatic rings. The zero-order valence-corrected chi connectivity index (χ0v) is 22.3. The summed E-state index contributed by atoms with van der Waals surface area (Å²) >= 11 is 0. The number of amides is 3. The molecule has 2 saturated heterocycles. The Labute approximate surface area is 227 Å². The lowest BCUT2D eigenvalue weighted by molar-refractivity contribution is -0.136. The van der Waals surface area contributed by atoms with Gasteiger partial charge >= 0.3 is 13.1 Å². The predicted octanol–water partition coefficient (Wildman–Crippen LogP) is 1.96. The van der Waals surface area contributed by atoms with Crippen LogP contribution in [0.15, 0.2) is 42.5 Å². The molecule has 200 valence electrons. The highest BCUT2D eigenvalue weighted by molar-refractivity contribution is 6.62. The topological polar surface area (TPSA) is 111 Å². The van der Waals surface area contributed by atoms with Crippen LogP contribution in [0.4, 0.5) is 0 Å². The standard InChI is InChI=1S/C29H29BN2O7/c1-28(2)29(3,4)39-30(38-28)20-12-10-19(11-13-20)27(36)37-16-6-8-18-7-5-9-21-22(18)17-32(26(21)35)23-14-15-24(33)31-25(23)34/h5,7,9-13,23H,14-17H2,1-4H3,(H,31,33,34). The maximum absolute atomic E-state index is 13.0. The van der Waals surface area contributed by atoms with E-state index in [1.807, 2.05) is 27.7 Å². The van der Waals surface area contributed by atoms with Gasteiger partial charge < -0.3 is 18.9 Å². The molecule has 3 aliphatic heterocycles. The van der Waals surface area contributed by atoms with Gasteiger partial charge in [-0.2, -0.15) is 0 Å². The van der Waals surface area contributed by atoms with Crippen LogP contribution in [0.3, 0.4) is 0 Å². The first-order valence-electron chi connectivity index (χ1n) is 12.8. The maximum atomic E-state index is 13.0. The van der Waals surface area contributed by atoms with Crippen LogP contribution in [0.25, 0.3) is 0 Å². The molecule has 39 heavy (non-hydrogen) atoms. The normalized spacial score (nSPS) is 21.2. The molecule has 3 heterocycles. The first kappa shape index (κ1) is 26.7. The highest BCUT2D eigenvalue weighted by Gasteiger charge is 2.51. The largest absolute Gasteiger partial charge is 0.494 e. The number of rotatable bonds is 4. The molecule has 0 radical (unpaired) electrons. The van der Waals surface area contributed by atoms with Gasteiger partial charge in [-0.3, -0.25) is 19.7 Å². The van der Waals surface area contributed by atoms with Crippen molar-refractivity contribution in [2.75, 3.05) is 6.61 Å². The van der Waals surface area contributed by atoms with Crippen LogP contribution in [0.5, 0.6) is 0 Å². The van der Waals surface area contributed by atoms with Gasteiger partial charge in [-0.05, 0) is 69.4 Å². The van der Waals surface area contributed by atoms with Crippen LogP contribution >= 0.6 is 0 Å². The lowest BCUT2D eigenvalue weighted by Crippen LogP contribution is -2.52. The molecule has 2 aromatic carbocycles. The molecule has 3 amide bonds. The van der Waals surface area contributed by atoms with E-state index in [9.17, 15) is 19.2 Å². The minimum absolute atomic E-state index is 0.133. The van der Waals surface area contributed by atoms with Gasteiger partial charge in [0.25, 0.3) is 5.91 Å². The van der Waals surface area contributed by atoms with Gasteiger partial charge in [0, 0.05) is 24.1 Å². The number of ether oxygens (including phenoxy) is 1. The Morgan fingerprint density at radius 2 is 1.77 bits per heavy atom. The third-order valence-electron chi connectivity index (χ3n) is 7.75. The molecule has 9 nitrogen and oxygen atoms in total. The summed E-state index contributed by atoms with van der Waals surface area (Å²) < 4.78 is 17.4. The summed E-state index contributed by atoms with van der Waals surface area (Å²) in [5.74, 6) is 4.25. The van der Waals surface area contributed by atoms with Crippen molar-refractivity contribution in [3.63, 3.8) is 0 Å². The van der Waals surface area contributed by atoms with Gasteiger partial charge in [0.2, 0.25) is 11.8 Å². The quantitative estimate of drug-likeness (QED) is 0.280. The maximum Gasteiger partial charge on any atom is 0.494 e. The van der Waals surface area contributed by atoms with Gasteiger partial charge in [0.15, 0.2) is 6.61 Å². The lowest BCUT2D eigenvalue weighted by Gasteiger charge is -2.32. The van der Waals surface area contributed by atoms with Crippen molar-refractivity contribution in [1.82, 2.24) is 10.2 Å². The Kier molecular flexibility index (Phi) is 6.83. The summed E-state index contributed by atoms with van der Waals surface area (Å²) in [5, 5.41) is 2.30. The van der Waals surface area contributed by atoms with Crippen LogP contribution in [0.2, 0.25) is 0 Å². The first-order valence-corrected chi connectivity index (χ1v) is 12.8. The van der Waals surface area contributed by atoms with Crippen molar-refractivity contribution in [3.05, 3.63) is 64.7 Å². The number of fused-ring (bicyclic) bond motifs is 1. The van der Waals surface area contributed by atoms with E-state index in [0.29, 0.717) is 28.7 Å². The van der Waals surface area contributed by atoms with E-state index >= 15 is 0 Å². The molecule has 0 aliphatic carbocycles. The highest BCUT2D eigenvalue weighted by atomic mass is 16.7. The molecular formula is C29H29BN2O7. The summed E-state index contributed by atoms with van der Waals surface area (Å²) in [6.45, 7) is 8.02. The van der Waals surface area contributed by atoms with Crippen molar-refractivity contribution in [3.8, 4) is 11.8 Å². The van der Waals surface area contributed by atoms with E-state index in [-0.39, 0.29) is 31.4 Å². The fourth-order valence-corrected chi connectivity index (χ4v) is 4.77. The van der Waals surface area contributed by atoms with Crippen molar-refractivity contribution < 1.29 is 33.2 Å². The number of hydrogen-bond acceptors (Lipinski definition) is 7. The summed E-state index contributed by atoms with van der Waals surface area (Å²) in [4.78, 5) is 50.7. The third kappa shape index (κ3) is 5.08. The van der Waals surface area contributed by atoms with Crippen LogP contribution in [-0.4, -0.2) is 59.6 Å². The minimum atomic E-state index is -0.694. The number of carbonyl (C=O) groups excluding carboxylic acids is 4. The van der Waals surface area contributed by atoms with Crippen LogP contribution in [-0.2, 0) is 30.2 Å². The summed E-state index contributed by atoms with van der Waals surface area (Å²) in [6, 6.07) is 11.4. The van der Waals surface area contributed by atoms with E-state index in [2.05, 4.69) is 17.2 Å². The fraction of sp³-hybridized carbons (Fsp3) is 0.379. The second kappa shape index (κ2) is 9.99. The number of hydrogen-bond donors (Lipinski definition) is 1. The van der Waals surface area contributed by atoms with Crippen molar-refractivity contribution >= 4 is 36.3 Å². The first-order chi connectivity index (χ1) is 18.5. The molecular weight excluding hydrogens is 499 g/mol. The Hall–Kier alpha value is -3.94. The molecule has 1 N–H and O–H groups in total. The monoisotopic (exact) mass is 528 g/mol. The number of nitrogens with one attached hydrogen (secondary N) is 1. The molecule has 0 saturated carbocycles. The predicted molar refractivity (Wildman–Crippen MR) is 142 cm³/mol. The Morgan fingerprint density at radius 3 is 2.44 bits per heavy atom. The van der Waals surface area contributed by atoms with Crippen molar-refractivity contribution in [2.45, 2.75) is 64.3 Å². The van der Waals surface area contributed by atoms with Crippen LogP contribution in [0.1, 0.15) is 72.4 Å². The van der Waals surface area contributed by atoms with Gasteiger partial charge in [-0.15, -0.1) is 0 Å². The molecule has 1 unspecified atom stereocenters. The molecule has 10 heteroatoms. The number of carbonyl (C=O) groups is 4. The van der Waals surface area contributed by atoms with Crippen molar-refractivity contribution in [2.24, 2.45) is 0 Å². The van der Waals surface area contributed by atoms with Gasteiger partial charge in [0.05, 0.1) is 16.8 Å². The van der Waals surface area contributed by atoms with E-state index in [4.69, 9.17) is 14.0 Å². The molecule has 0 bridgehead atoms. The van der Waals surface area contributed by atoms with Crippen LogP contribution in [0, 0.1) is 11.8 Å². The number of esters is 1. The average molecular weight is 528 g/mol. The molecule has 1 atom stereocenters. The van der Waals surface area contributed by atoms with Gasteiger partial charge in [-0.25, -0.2) is 4.79 Å². The summed E-state index contributed by atoms with van der Waals surface area (Å²) in [5.41, 5.74) is 2.09. The number of nitrogens with zero attached hydrogens (tertiary/aromatic N) is 1. The van der Waals surface area contributed by atoms with Gasteiger partial charge in [0.1, 0.15) is 6.04 Å². The second-order valence-electron chi connectivity index (χ2n) is 10.8. The van der Waals surface area contributed by atoms with E-state index in [0.717, 1.165) is 5.46 Å². The molecule has 2 fully saturated rings. The summed E-state index contributed by atoms with van der Waals surface area (Å²) in [6.07, 6.45) is 0.481. The number of piperidine rings is 1. The zero-order valence-electron chi connectivity index (χ0n) is 22.3. The third-order valence-corrected chi connectivity index (χ3v) is 7.75. The second-order valence-corrected chi connectivity index (χ2v) is 10.8. The molecule has 5 rings (SSSR count). The molecule has 0 aromatic heterocycles. The number of benzene rings is 2. The van der Waals surface area contributed by atoms with Crippen molar-refractivity contribution in [1.29, 1.82) is 0 Å². The fourth-order valence-electron chi connectivity index (χ4n) is 4.77. The Balaban J connectivity index is 1.20. The minimum Gasteiger partial charge on any atom is -0.449 e. The van der Waals surface area contributed by atoms with Gasteiger partial charge in [-0.1, -0.05) is 30.0 Å². The highest BCUT2D eigenvalue weighted by Crippen LogP contribution is 2.36. The molecule has 0 spiro atoms. The van der Waals surface area contributed by atoms with E-state index < -0.39 is 36.2 Å². The number of imide groups is 1. The average Bonchev–Trinajstić information content (AvgIpc) is 3.33. The Morgan fingerprint density at radius 1 is 1.08 bits per heavy atom. The van der Waals surface area contributed by atoms with Crippen LogP contribution < -0.4 is 10.8 Å². The smallest absolute Gasteiger partial charge is 0.449 e.